The molecule has 5 nitrogen and oxygen atoms in total. The monoisotopic (exact) mass is 388 g/mol. The summed E-state index contributed by atoms with van der Waals surface area (Å²) in [5, 5.41) is 4.14. The maximum Gasteiger partial charge on any atom is 0.271 e. The molecule has 0 fully saturated rings. The van der Waals surface area contributed by atoms with Crippen LogP contribution in [0.5, 0.6) is 0 Å². The average molecular weight is 389 g/mol. The number of aromatic nitrogens is 1. The van der Waals surface area contributed by atoms with Gasteiger partial charge in [-0.1, -0.05) is 18.2 Å². The molecule has 0 bridgehead atoms. The molecule has 29 heavy (non-hydrogen) atoms. The van der Waals surface area contributed by atoms with E-state index < -0.39 is 0 Å². The predicted molar refractivity (Wildman–Crippen MR) is 120 cm³/mol. The lowest BCUT2D eigenvalue weighted by Gasteiger charge is -2.21. The van der Waals surface area contributed by atoms with Crippen LogP contribution in [0.1, 0.15) is 41.2 Å². The van der Waals surface area contributed by atoms with Gasteiger partial charge in [0.15, 0.2) is 0 Å². The molecule has 0 saturated heterocycles. The van der Waals surface area contributed by atoms with Gasteiger partial charge >= 0.3 is 0 Å². The highest BCUT2D eigenvalue weighted by Gasteiger charge is 2.10. The van der Waals surface area contributed by atoms with Gasteiger partial charge in [-0.05, 0) is 70.2 Å². The Morgan fingerprint density at radius 2 is 1.69 bits per heavy atom. The number of aryl methyl sites for hydroxylation is 1. The molecule has 0 atom stereocenters. The van der Waals surface area contributed by atoms with Crippen LogP contribution in [0.25, 0.3) is 5.69 Å². The Kier molecular flexibility index (Phi) is 6.50. The van der Waals surface area contributed by atoms with E-state index >= 15 is 0 Å². The predicted octanol–water partition coefficient (Wildman–Crippen LogP) is 4.70. The van der Waals surface area contributed by atoms with Crippen molar-refractivity contribution >= 4 is 17.8 Å². The van der Waals surface area contributed by atoms with Crippen LogP contribution in [-0.2, 0) is 0 Å². The lowest BCUT2D eigenvalue weighted by Crippen LogP contribution is -2.21. The fraction of sp³-hybridized carbons (Fsp3) is 0.250. The molecular formula is C24H28N4O. The Bertz CT molecular complexity index is 984. The maximum atomic E-state index is 12.1. The molecule has 1 aromatic heterocycles. The van der Waals surface area contributed by atoms with E-state index in [2.05, 4.69) is 78.0 Å². The van der Waals surface area contributed by atoms with Crippen molar-refractivity contribution in [3.8, 4) is 5.69 Å². The van der Waals surface area contributed by atoms with E-state index in [1.54, 1.807) is 18.3 Å². The zero-order chi connectivity index (χ0) is 20.8. The van der Waals surface area contributed by atoms with Crippen LogP contribution in [0, 0.1) is 13.8 Å². The van der Waals surface area contributed by atoms with Gasteiger partial charge in [0, 0.05) is 47.0 Å². The zero-order valence-corrected chi connectivity index (χ0v) is 17.5. The summed E-state index contributed by atoms with van der Waals surface area (Å²) in [7, 11) is 0. The van der Waals surface area contributed by atoms with Gasteiger partial charge in [-0.15, -0.1) is 0 Å². The lowest BCUT2D eigenvalue weighted by atomic mass is 10.2. The summed E-state index contributed by atoms with van der Waals surface area (Å²) in [6, 6.07) is 19.8. The Hall–Kier alpha value is -3.34. The van der Waals surface area contributed by atoms with Crippen LogP contribution in [0.2, 0.25) is 0 Å². The van der Waals surface area contributed by atoms with E-state index in [0.29, 0.717) is 5.56 Å². The highest BCUT2D eigenvalue weighted by atomic mass is 16.2. The molecular weight excluding hydrogens is 360 g/mol. The summed E-state index contributed by atoms with van der Waals surface area (Å²) < 4.78 is 2.20. The summed E-state index contributed by atoms with van der Waals surface area (Å²) >= 11 is 0. The quantitative estimate of drug-likeness (QED) is 0.471. The molecule has 1 heterocycles. The zero-order valence-electron chi connectivity index (χ0n) is 17.5. The Morgan fingerprint density at radius 1 is 1.03 bits per heavy atom. The summed E-state index contributed by atoms with van der Waals surface area (Å²) in [4.78, 5) is 14.4. The minimum absolute atomic E-state index is 0.220. The van der Waals surface area contributed by atoms with Crippen molar-refractivity contribution in [3.05, 3.63) is 83.2 Å². The van der Waals surface area contributed by atoms with Crippen molar-refractivity contribution in [2.75, 3.05) is 18.0 Å². The number of amides is 1. The third-order valence-electron chi connectivity index (χ3n) is 5.11. The minimum Gasteiger partial charge on any atom is -0.372 e. The first-order valence-electron chi connectivity index (χ1n) is 9.98. The Balaban J connectivity index is 1.77. The molecule has 2 aromatic carbocycles. The van der Waals surface area contributed by atoms with Gasteiger partial charge in [-0.2, -0.15) is 5.10 Å². The number of hydrazone groups is 1. The molecule has 1 amide bonds. The average Bonchev–Trinajstić information content (AvgIpc) is 3.03. The van der Waals surface area contributed by atoms with Crippen molar-refractivity contribution in [1.29, 1.82) is 0 Å². The third kappa shape index (κ3) is 4.57. The molecule has 1 N–H and O–H groups in total. The summed E-state index contributed by atoms with van der Waals surface area (Å²) in [5.41, 5.74) is 8.70. The Labute approximate surface area is 172 Å². The number of carbonyl (C=O) groups excluding carboxylic acids is 1. The number of anilines is 1. The highest BCUT2D eigenvalue weighted by Crippen LogP contribution is 2.22. The molecule has 0 aliphatic carbocycles. The maximum absolute atomic E-state index is 12.1. The van der Waals surface area contributed by atoms with E-state index in [1.165, 1.54) is 5.69 Å². The molecule has 0 unspecified atom stereocenters. The van der Waals surface area contributed by atoms with Gasteiger partial charge in [0.1, 0.15) is 0 Å². The lowest BCUT2D eigenvalue weighted by molar-refractivity contribution is 0.0955. The number of benzene rings is 2. The van der Waals surface area contributed by atoms with Crippen molar-refractivity contribution in [1.82, 2.24) is 9.99 Å². The fourth-order valence-corrected chi connectivity index (χ4v) is 3.53. The largest absolute Gasteiger partial charge is 0.372 e. The minimum atomic E-state index is -0.220. The molecule has 5 heteroatoms. The van der Waals surface area contributed by atoms with Gasteiger partial charge < -0.3 is 9.47 Å². The van der Waals surface area contributed by atoms with Crippen LogP contribution in [0.3, 0.4) is 0 Å². The molecule has 3 aromatic rings. The van der Waals surface area contributed by atoms with Crippen LogP contribution in [0.4, 0.5) is 5.69 Å². The van der Waals surface area contributed by atoms with Crippen molar-refractivity contribution in [2.24, 2.45) is 5.10 Å². The smallest absolute Gasteiger partial charge is 0.271 e. The van der Waals surface area contributed by atoms with E-state index in [0.717, 1.165) is 35.7 Å². The number of rotatable bonds is 7. The first-order valence-corrected chi connectivity index (χ1v) is 9.98. The number of nitrogens with zero attached hydrogens (tertiary/aromatic N) is 3. The van der Waals surface area contributed by atoms with Crippen LogP contribution >= 0.6 is 0 Å². The van der Waals surface area contributed by atoms with E-state index in [-0.39, 0.29) is 5.91 Å². The fourth-order valence-electron chi connectivity index (χ4n) is 3.53. The molecule has 150 valence electrons. The SMILES string of the molecule is CCN(CC)c1ccc(-n2c(C)cc(/C=N/NC(=O)c3ccccc3)c2C)cc1. The van der Waals surface area contributed by atoms with E-state index in [9.17, 15) is 4.79 Å². The van der Waals surface area contributed by atoms with Gasteiger partial charge in [-0.3, -0.25) is 4.79 Å². The second-order valence-electron chi connectivity index (χ2n) is 6.92. The third-order valence-corrected chi connectivity index (χ3v) is 5.11. The van der Waals surface area contributed by atoms with Gasteiger partial charge in [-0.25, -0.2) is 5.43 Å². The Morgan fingerprint density at radius 3 is 2.31 bits per heavy atom. The van der Waals surface area contributed by atoms with Crippen LogP contribution < -0.4 is 10.3 Å². The topological polar surface area (TPSA) is 49.6 Å². The molecule has 0 radical (unpaired) electrons. The number of hydrogen-bond acceptors (Lipinski definition) is 3. The number of hydrogen-bond donors (Lipinski definition) is 1. The van der Waals surface area contributed by atoms with Crippen molar-refractivity contribution in [2.45, 2.75) is 27.7 Å². The first kappa shape index (κ1) is 20.4. The number of nitrogens with one attached hydrogen (secondary N) is 1. The van der Waals surface area contributed by atoms with E-state index in [1.807, 2.05) is 18.2 Å². The number of carbonyl (C=O) groups is 1. The normalized spacial score (nSPS) is 11.0. The molecule has 0 spiro atoms. The molecule has 0 aliphatic heterocycles. The summed E-state index contributed by atoms with van der Waals surface area (Å²) in [5.74, 6) is -0.220. The van der Waals surface area contributed by atoms with Gasteiger partial charge in [0.25, 0.3) is 5.91 Å². The van der Waals surface area contributed by atoms with Gasteiger partial charge in [0.2, 0.25) is 0 Å². The second-order valence-corrected chi connectivity index (χ2v) is 6.92. The second kappa shape index (κ2) is 9.24. The summed E-state index contributed by atoms with van der Waals surface area (Å²) in [6.45, 7) is 10.5. The summed E-state index contributed by atoms with van der Waals surface area (Å²) in [6.07, 6.45) is 1.70. The van der Waals surface area contributed by atoms with Crippen LogP contribution in [0.15, 0.2) is 65.8 Å². The van der Waals surface area contributed by atoms with Crippen molar-refractivity contribution < 1.29 is 4.79 Å². The van der Waals surface area contributed by atoms with Crippen molar-refractivity contribution in [3.63, 3.8) is 0 Å². The van der Waals surface area contributed by atoms with Crippen LogP contribution in [-0.4, -0.2) is 29.8 Å². The highest BCUT2D eigenvalue weighted by molar-refractivity contribution is 5.94. The van der Waals surface area contributed by atoms with Gasteiger partial charge in [0.05, 0.1) is 6.21 Å². The standard InChI is InChI=1S/C24H28N4O/c1-5-27(6-2)22-12-14-23(15-13-22)28-18(3)16-21(19(28)4)17-25-26-24(29)20-10-8-7-9-11-20/h7-17H,5-6H2,1-4H3,(H,26,29)/b25-17+. The first-order chi connectivity index (χ1) is 14.0. The molecule has 3 rings (SSSR count). The molecule has 0 saturated carbocycles. The molecule has 0 aliphatic rings. The van der Waals surface area contributed by atoms with E-state index in [4.69, 9.17) is 0 Å².